The second-order valence-corrected chi connectivity index (χ2v) is 4.91. The van der Waals surface area contributed by atoms with Crippen molar-refractivity contribution in [1.82, 2.24) is 20.1 Å². The highest BCUT2D eigenvalue weighted by atomic mass is 32.1. The molecule has 1 aromatic heterocycles. The number of rotatable bonds is 4. The summed E-state index contributed by atoms with van der Waals surface area (Å²) in [5.41, 5.74) is 5.85. The smallest absolute Gasteiger partial charge is 0.247 e. The highest BCUT2D eigenvalue weighted by Gasteiger charge is 2.19. The van der Waals surface area contributed by atoms with Crippen molar-refractivity contribution < 1.29 is 9.84 Å². The number of morpholine rings is 1. The molecule has 1 saturated heterocycles. The zero-order valence-electron chi connectivity index (χ0n) is 11.4. The van der Waals surface area contributed by atoms with Crippen LogP contribution in [0, 0.1) is 0 Å². The number of nitrogens with one attached hydrogen (secondary N) is 1. The van der Waals surface area contributed by atoms with Crippen LogP contribution >= 0.6 is 12.2 Å². The number of thiocarbonyl (C=S) groups is 1. The van der Waals surface area contributed by atoms with Crippen molar-refractivity contribution in [3.8, 4) is 0 Å². The lowest BCUT2D eigenvalue weighted by Crippen LogP contribution is -2.40. The lowest BCUT2D eigenvalue weighted by Gasteiger charge is -2.25. The number of anilines is 2. The van der Waals surface area contributed by atoms with Gasteiger partial charge in [0.05, 0.1) is 25.9 Å². The number of nitrogen functional groups attached to an aromatic ring is 1. The Bertz CT molecular complexity index is 456. The van der Waals surface area contributed by atoms with Crippen molar-refractivity contribution in [3.63, 3.8) is 0 Å². The SMILES string of the molecule is CCC(CO)NC(=S)n1nc(N2CCOCC2)nc1N. The molecule has 20 heavy (non-hydrogen) atoms. The zero-order valence-corrected chi connectivity index (χ0v) is 12.3. The molecule has 1 aromatic rings. The second-order valence-electron chi connectivity index (χ2n) is 4.52. The Kier molecular flexibility index (Phi) is 5.10. The minimum atomic E-state index is -0.113. The van der Waals surface area contributed by atoms with Gasteiger partial charge in [-0.1, -0.05) is 6.92 Å². The molecule has 9 heteroatoms. The van der Waals surface area contributed by atoms with Gasteiger partial charge in [-0.2, -0.15) is 9.67 Å². The van der Waals surface area contributed by atoms with Crippen molar-refractivity contribution >= 4 is 29.2 Å². The second kappa shape index (κ2) is 6.82. The number of aliphatic hydroxyl groups is 1. The average molecular weight is 300 g/mol. The highest BCUT2D eigenvalue weighted by molar-refractivity contribution is 7.80. The quantitative estimate of drug-likeness (QED) is 0.621. The summed E-state index contributed by atoms with van der Waals surface area (Å²) in [4.78, 5) is 6.23. The summed E-state index contributed by atoms with van der Waals surface area (Å²) in [6, 6.07) is -0.113. The van der Waals surface area contributed by atoms with Crippen molar-refractivity contribution in [2.45, 2.75) is 19.4 Å². The topological polar surface area (TPSA) is 101 Å². The predicted octanol–water partition coefficient (Wildman–Crippen LogP) is -0.810. The molecule has 0 saturated carbocycles. The third-order valence-corrected chi connectivity index (χ3v) is 3.44. The Morgan fingerprint density at radius 1 is 1.55 bits per heavy atom. The average Bonchev–Trinajstić information content (AvgIpc) is 2.87. The molecule has 8 nitrogen and oxygen atoms in total. The third-order valence-electron chi connectivity index (χ3n) is 3.15. The Balaban J connectivity index is 2.08. The highest BCUT2D eigenvalue weighted by Crippen LogP contribution is 2.12. The van der Waals surface area contributed by atoms with Gasteiger partial charge in [0.2, 0.25) is 11.9 Å². The number of aliphatic hydroxyl groups excluding tert-OH is 1. The van der Waals surface area contributed by atoms with Crippen molar-refractivity contribution in [2.75, 3.05) is 43.5 Å². The van der Waals surface area contributed by atoms with Crippen molar-refractivity contribution in [1.29, 1.82) is 0 Å². The number of nitrogens with two attached hydrogens (primary N) is 1. The van der Waals surface area contributed by atoms with E-state index < -0.39 is 0 Å². The lowest BCUT2D eigenvalue weighted by molar-refractivity contribution is 0.122. The Labute approximate surface area is 122 Å². The predicted molar refractivity (Wildman–Crippen MR) is 79.8 cm³/mol. The van der Waals surface area contributed by atoms with E-state index in [0.29, 0.717) is 24.3 Å². The van der Waals surface area contributed by atoms with Crippen LogP contribution in [0.3, 0.4) is 0 Å². The van der Waals surface area contributed by atoms with E-state index in [1.54, 1.807) is 0 Å². The Morgan fingerprint density at radius 3 is 2.85 bits per heavy atom. The number of hydrogen-bond donors (Lipinski definition) is 3. The largest absolute Gasteiger partial charge is 0.394 e. The van der Waals surface area contributed by atoms with E-state index >= 15 is 0 Å². The molecule has 0 amide bonds. The van der Waals surface area contributed by atoms with Crippen molar-refractivity contribution in [3.05, 3.63) is 0 Å². The molecular weight excluding hydrogens is 280 g/mol. The van der Waals surface area contributed by atoms with Crippen LogP contribution < -0.4 is 16.0 Å². The molecule has 1 fully saturated rings. The first kappa shape index (κ1) is 14.9. The maximum absolute atomic E-state index is 9.18. The fraction of sp³-hybridized carbons (Fsp3) is 0.727. The Morgan fingerprint density at radius 2 is 2.25 bits per heavy atom. The minimum Gasteiger partial charge on any atom is -0.394 e. The molecule has 4 N–H and O–H groups in total. The molecule has 1 atom stereocenters. The van der Waals surface area contributed by atoms with E-state index in [4.69, 9.17) is 22.7 Å². The first-order chi connectivity index (χ1) is 9.65. The van der Waals surface area contributed by atoms with Gasteiger partial charge < -0.3 is 25.8 Å². The fourth-order valence-electron chi connectivity index (χ4n) is 1.87. The van der Waals surface area contributed by atoms with Gasteiger partial charge in [0.25, 0.3) is 0 Å². The van der Waals surface area contributed by atoms with Crippen LogP contribution in [0.5, 0.6) is 0 Å². The first-order valence-electron chi connectivity index (χ1n) is 6.62. The van der Waals surface area contributed by atoms with E-state index in [1.165, 1.54) is 4.68 Å². The summed E-state index contributed by atoms with van der Waals surface area (Å²) in [7, 11) is 0. The van der Waals surface area contributed by atoms with Gasteiger partial charge in [0.15, 0.2) is 5.11 Å². The van der Waals surface area contributed by atoms with Crippen LogP contribution in [-0.4, -0.2) is 63.9 Å². The summed E-state index contributed by atoms with van der Waals surface area (Å²) < 4.78 is 6.67. The van der Waals surface area contributed by atoms with E-state index in [1.807, 2.05) is 11.8 Å². The molecule has 0 aliphatic carbocycles. The molecule has 0 bridgehead atoms. The van der Waals surface area contributed by atoms with Crippen LogP contribution in [0.15, 0.2) is 0 Å². The van der Waals surface area contributed by atoms with Crippen LogP contribution in [-0.2, 0) is 4.74 Å². The van der Waals surface area contributed by atoms with E-state index in [9.17, 15) is 5.11 Å². The molecule has 0 radical (unpaired) electrons. The zero-order chi connectivity index (χ0) is 14.5. The molecular formula is C11H20N6O2S. The van der Waals surface area contributed by atoms with Crippen LogP contribution in [0.25, 0.3) is 0 Å². The maximum Gasteiger partial charge on any atom is 0.247 e. The van der Waals surface area contributed by atoms with Gasteiger partial charge in [-0.25, -0.2) is 0 Å². The summed E-state index contributed by atoms with van der Waals surface area (Å²) >= 11 is 5.25. The third kappa shape index (κ3) is 3.35. The van der Waals surface area contributed by atoms with Crippen LogP contribution in [0.4, 0.5) is 11.9 Å². The van der Waals surface area contributed by atoms with Gasteiger partial charge in [-0.15, -0.1) is 5.10 Å². The van der Waals surface area contributed by atoms with E-state index in [2.05, 4.69) is 15.4 Å². The van der Waals surface area contributed by atoms with Gasteiger partial charge in [0, 0.05) is 13.1 Å². The number of nitrogens with zero attached hydrogens (tertiary/aromatic N) is 4. The molecule has 2 heterocycles. The summed E-state index contributed by atoms with van der Waals surface area (Å²) in [5, 5.41) is 16.9. The van der Waals surface area contributed by atoms with E-state index in [0.717, 1.165) is 19.5 Å². The van der Waals surface area contributed by atoms with Crippen LogP contribution in [0.1, 0.15) is 13.3 Å². The summed E-state index contributed by atoms with van der Waals surface area (Å²) in [6.07, 6.45) is 0.752. The molecule has 2 rings (SSSR count). The van der Waals surface area contributed by atoms with Gasteiger partial charge >= 0.3 is 0 Å². The monoisotopic (exact) mass is 300 g/mol. The molecule has 1 aliphatic heterocycles. The molecule has 1 unspecified atom stereocenters. The minimum absolute atomic E-state index is 0.00155. The molecule has 1 aliphatic rings. The first-order valence-corrected chi connectivity index (χ1v) is 7.03. The fourth-order valence-corrected chi connectivity index (χ4v) is 2.17. The summed E-state index contributed by atoms with van der Waals surface area (Å²) in [5.74, 6) is 0.781. The maximum atomic E-state index is 9.18. The molecule has 112 valence electrons. The normalized spacial score (nSPS) is 17.0. The standard InChI is InChI=1S/C11H20N6O2S/c1-2-8(7-18)13-11(20)17-9(12)14-10(15-17)16-3-5-19-6-4-16/h8,18H,2-7H2,1H3,(H,13,20)(H2,12,14,15). The van der Waals surface area contributed by atoms with Gasteiger partial charge in [0.1, 0.15) is 0 Å². The number of hydrogen-bond acceptors (Lipinski definition) is 7. The van der Waals surface area contributed by atoms with Crippen molar-refractivity contribution in [2.24, 2.45) is 0 Å². The molecule has 0 spiro atoms. The number of aromatic nitrogens is 3. The summed E-state index contributed by atoms with van der Waals surface area (Å²) in [6.45, 7) is 4.73. The molecule has 0 aromatic carbocycles. The lowest BCUT2D eigenvalue weighted by atomic mass is 10.2. The van der Waals surface area contributed by atoms with Crippen LogP contribution in [0.2, 0.25) is 0 Å². The number of ether oxygens (including phenoxy) is 1. The van der Waals surface area contributed by atoms with E-state index in [-0.39, 0.29) is 18.6 Å². The Hall–Kier alpha value is -1.45. The van der Waals surface area contributed by atoms with Gasteiger partial charge in [-0.05, 0) is 18.6 Å². The van der Waals surface area contributed by atoms with Gasteiger partial charge in [-0.3, -0.25) is 0 Å².